The maximum Gasteiger partial charge on any atom is -0.00772 e. The largest absolute Gasteiger partial charge is 0.330 e. The molecule has 2 N–H and O–H groups in total. The Hall–Kier alpha value is -0.300. The standard InChI is InChI=1S/C11H19N/c12-6-2-1-3-10-7-9-4-5-11(10)8-9/h7,9,11H,1-6,8,12H2. The second-order valence-electron chi connectivity index (χ2n) is 4.26. The summed E-state index contributed by atoms with van der Waals surface area (Å²) in [6.07, 6.45) is 10.8. The molecular weight excluding hydrogens is 146 g/mol. The lowest BCUT2D eigenvalue weighted by Gasteiger charge is -2.12. The number of hydrogen-bond donors (Lipinski definition) is 1. The molecule has 0 spiro atoms. The topological polar surface area (TPSA) is 26.0 Å². The Morgan fingerprint density at radius 2 is 2.25 bits per heavy atom. The van der Waals surface area contributed by atoms with E-state index >= 15 is 0 Å². The quantitative estimate of drug-likeness (QED) is 0.502. The van der Waals surface area contributed by atoms with Crippen molar-refractivity contribution in [2.45, 2.75) is 38.5 Å². The van der Waals surface area contributed by atoms with Crippen molar-refractivity contribution in [1.82, 2.24) is 0 Å². The van der Waals surface area contributed by atoms with E-state index in [-0.39, 0.29) is 0 Å². The summed E-state index contributed by atoms with van der Waals surface area (Å²) < 4.78 is 0. The van der Waals surface area contributed by atoms with Crippen LogP contribution in [0.15, 0.2) is 11.6 Å². The third-order valence-electron chi connectivity index (χ3n) is 3.37. The minimum Gasteiger partial charge on any atom is -0.330 e. The minimum atomic E-state index is 0.862. The highest BCUT2D eigenvalue weighted by Crippen LogP contribution is 2.45. The van der Waals surface area contributed by atoms with E-state index < -0.39 is 0 Å². The van der Waals surface area contributed by atoms with Gasteiger partial charge in [-0.15, -0.1) is 0 Å². The first-order valence-electron chi connectivity index (χ1n) is 5.31. The van der Waals surface area contributed by atoms with Crippen molar-refractivity contribution in [1.29, 1.82) is 0 Å². The summed E-state index contributed by atoms with van der Waals surface area (Å²) in [6.45, 7) is 0.862. The molecule has 0 aromatic rings. The Bertz CT molecular complexity index is 183. The SMILES string of the molecule is NCCCCC1=CC2CCC1C2. The van der Waals surface area contributed by atoms with Crippen molar-refractivity contribution in [2.24, 2.45) is 17.6 Å². The molecule has 0 heterocycles. The van der Waals surface area contributed by atoms with E-state index in [1.807, 2.05) is 0 Å². The van der Waals surface area contributed by atoms with Crippen molar-refractivity contribution in [3.05, 3.63) is 11.6 Å². The Labute approximate surface area is 75.0 Å². The van der Waals surface area contributed by atoms with Crippen LogP contribution in [0.4, 0.5) is 0 Å². The Balaban J connectivity index is 1.78. The van der Waals surface area contributed by atoms with E-state index in [1.54, 1.807) is 5.57 Å². The van der Waals surface area contributed by atoms with E-state index in [0.717, 1.165) is 18.4 Å². The first-order chi connectivity index (χ1) is 5.90. The molecule has 0 radical (unpaired) electrons. The predicted octanol–water partition coefficient (Wildman–Crippen LogP) is 2.47. The average molecular weight is 165 g/mol. The number of rotatable bonds is 4. The van der Waals surface area contributed by atoms with Crippen LogP contribution in [0.2, 0.25) is 0 Å². The molecular formula is C11H19N. The molecule has 1 heteroatoms. The highest BCUT2D eigenvalue weighted by molar-refractivity contribution is 5.19. The molecule has 2 atom stereocenters. The van der Waals surface area contributed by atoms with Crippen LogP contribution in [0.25, 0.3) is 0 Å². The monoisotopic (exact) mass is 165 g/mol. The molecule has 0 aromatic carbocycles. The van der Waals surface area contributed by atoms with E-state index in [9.17, 15) is 0 Å². The molecule has 1 saturated carbocycles. The second kappa shape index (κ2) is 3.61. The first-order valence-corrected chi connectivity index (χ1v) is 5.31. The predicted molar refractivity (Wildman–Crippen MR) is 51.8 cm³/mol. The first kappa shape index (κ1) is 8.31. The maximum atomic E-state index is 5.47. The van der Waals surface area contributed by atoms with Gasteiger partial charge in [-0.2, -0.15) is 0 Å². The molecule has 12 heavy (non-hydrogen) atoms. The molecule has 2 unspecified atom stereocenters. The summed E-state index contributed by atoms with van der Waals surface area (Å²) in [5.74, 6) is 1.94. The molecule has 68 valence electrons. The molecule has 0 aliphatic heterocycles. The zero-order valence-electron chi connectivity index (χ0n) is 7.76. The van der Waals surface area contributed by atoms with Gasteiger partial charge >= 0.3 is 0 Å². The van der Waals surface area contributed by atoms with Gasteiger partial charge < -0.3 is 5.73 Å². The van der Waals surface area contributed by atoms with Crippen LogP contribution in [0.3, 0.4) is 0 Å². The zero-order chi connectivity index (χ0) is 8.39. The van der Waals surface area contributed by atoms with Crippen molar-refractivity contribution in [3.63, 3.8) is 0 Å². The lowest BCUT2D eigenvalue weighted by molar-refractivity contribution is 0.603. The molecule has 0 amide bonds. The van der Waals surface area contributed by atoms with Gasteiger partial charge in [0, 0.05) is 0 Å². The summed E-state index contributed by atoms with van der Waals surface area (Å²) in [7, 11) is 0. The molecule has 2 aliphatic carbocycles. The van der Waals surface area contributed by atoms with Gasteiger partial charge in [0.15, 0.2) is 0 Å². The van der Waals surface area contributed by atoms with Gasteiger partial charge in [0.05, 0.1) is 0 Å². The normalized spacial score (nSPS) is 32.6. The van der Waals surface area contributed by atoms with Crippen molar-refractivity contribution < 1.29 is 0 Å². The van der Waals surface area contributed by atoms with E-state index in [4.69, 9.17) is 5.73 Å². The van der Waals surface area contributed by atoms with Crippen molar-refractivity contribution in [3.8, 4) is 0 Å². The number of nitrogens with two attached hydrogens (primary N) is 1. The summed E-state index contributed by atoms with van der Waals surface area (Å²) in [6, 6.07) is 0. The Morgan fingerprint density at radius 3 is 2.83 bits per heavy atom. The third-order valence-corrected chi connectivity index (χ3v) is 3.37. The van der Waals surface area contributed by atoms with Gasteiger partial charge in [-0.25, -0.2) is 0 Å². The number of unbranched alkanes of at least 4 members (excludes halogenated alkanes) is 1. The highest BCUT2D eigenvalue weighted by atomic mass is 14.5. The van der Waals surface area contributed by atoms with E-state index in [0.29, 0.717) is 0 Å². The fraction of sp³-hybridized carbons (Fsp3) is 0.818. The summed E-state index contributed by atoms with van der Waals surface area (Å²) in [5.41, 5.74) is 7.23. The van der Waals surface area contributed by atoms with Crippen molar-refractivity contribution in [2.75, 3.05) is 6.54 Å². The highest BCUT2D eigenvalue weighted by Gasteiger charge is 2.31. The number of fused-ring (bicyclic) bond motifs is 2. The van der Waals surface area contributed by atoms with Crippen LogP contribution >= 0.6 is 0 Å². The molecule has 2 bridgehead atoms. The fourth-order valence-corrected chi connectivity index (χ4v) is 2.70. The molecule has 2 rings (SSSR count). The lowest BCUT2D eigenvalue weighted by atomic mass is 9.94. The Morgan fingerprint density at radius 1 is 1.33 bits per heavy atom. The third kappa shape index (κ3) is 1.56. The zero-order valence-corrected chi connectivity index (χ0v) is 7.76. The number of hydrogen-bond acceptors (Lipinski definition) is 1. The van der Waals surface area contributed by atoms with Gasteiger partial charge in [0.1, 0.15) is 0 Å². The Kier molecular flexibility index (Phi) is 2.50. The average Bonchev–Trinajstić information content (AvgIpc) is 2.65. The molecule has 1 fully saturated rings. The second-order valence-corrected chi connectivity index (χ2v) is 4.26. The molecule has 1 nitrogen and oxygen atoms in total. The van der Waals surface area contributed by atoms with Gasteiger partial charge in [0.2, 0.25) is 0 Å². The van der Waals surface area contributed by atoms with Gasteiger partial charge in [-0.3, -0.25) is 0 Å². The fourth-order valence-electron chi connectivity index (χ4n) is 2.70. The van der Waals surface area contributed by atoms with Crippen LogP contribution in [0.1, 0.15) is 38.5 Å². The van der Waals surface area contributed by atoms with Crippen molar-refractivity contribution >= 4 is 0 Å². The molecule has 2 aliphatic rings. The van der Waals surface area contributed by atoms with Gasteiger partial charge in [-0.1, -0.05) is 11.6 Å². The van der Waals surface area contributed by atoms with Crippen LogP contribution in [-0.4, -0.2) is 6.54 Å². The lowest BCUT2D eigenvalue weighted by Crippen LogP contribution is -2.01. The maximum absolute atomic E-state index is 5.47. The summed E-state index contributed by atoms with van der Waals surface area (Å²) in [4.78, 5) is 0. The van der Waals surface area contributed by atoms with Gasteiger partial charge in [0.25, 0.3) is 0 Å². The smallest absolute Gasteiger partial charge is 0.00772 e. The van der Waals surface area contributed by atoms with Crippen LogP contribution in [0, 0.1) is 11.8 Å². The molecule has 0 aromatic heterocycles. The van der Waals surface area contributed by atoms with Gasteiger partial charge in [-0.05, 0) is 56.9 Å². The molecule has 0 saturated heterocycles. The van der Waals surface area contributed by atoms with Crippen LogP contribution in [-0.2, 0) is 0 Å². The summed E-state index contributed by atoms with van der Waals surface area (Å²) >= 11 is 0. The van der Waals surface area contributed by atoms with E-state index in [2.05, 4.69) is 6.08 Å². The van der Waals surface area contributed by atoms with Crippen LogP contribution in [0.5, 0.6) is 0 Å². The summed E-state index contributed by atoms with van der Waals surface area (Å²) in [5, 5.41) is 0. The van der Waals surface area contributed by atoms with E-state index in [1.165, 1.54) is 38.5 Å². The minimum absolute atomic E-state index is 0.862. The number of allylic oxidation sites excluding steroid dienone is 2. The van der Waals surface area contributed by atoms with Crippen LogP contribution < -0.4 is 5.73 Å².